The second-order valence-corrected chi connectivity index (χ2v) is 4.16. The summed E-state index contributed by atoms with van der Waals surface area (Å²) in [4.78, 5) is 15.6. The van der Waals surface area contributed by atoms with Gasteiger partial charge in [0.1, 0.15) is 0 Å². The Morgan fingerprint density at radius 3 is 3.00 bits per heavy atom. The van der Waals surface area contributed by atoms with Gasteiger partial charge in [-0.2, -0.15) is 5.10 Å². The van der Waals surface area contributed by atoms with Crippen LogP contribution in [0.15, 0.2) is 30.7 Å². The quantitative estimate of drug-likeness (QED) is 0.883. The first-order valence-electron chi connectivity index (χ1n) is 6.22. The molecule has 0 saturated heterocycles. The van der Waals surface area contributed by atoms with Crippen molar-refractivity contribution >= 4 is 11.7 Å². The summed E-state index contributed by atoms with van der Waals surface area (Å²) in [6, 6.07) is 3.53. The highest BCUT2D eigenvalue weighted by Gasteiger charge is 2.09. The Bertz CT molecular complexity index is 549. The van der Waals surface area contributed by atoms with E-state index in [0.717, 1.165) is 17.8 Å². The molecule has 0 saturated carbocycles. The summed E-state index contributed by atoms with van der Waals surface area (Å²) >= 11 is 0. The minimum absolute atomic E-state index is 0.212. The van der Waals surface area contributed by atoms with Gasteiger partial charge in [0.2, 0.25) is 0 Å². The fourth-order valence-corrected chi connectivity index (χ4v) is 1.61. The molecule has 0 radical (unpaired) electrons. The number of rotatable bonds is 4. The normalized spacial score (nSPS) is 10.2. The number of carbonyl (C=O) groups excluding carboxylic acids is 1. The molecule has 0 aliphatic heterocycles. The molecule has 0 aliphatic carbocycles. The van der Waals surface area contributed by atoms with Gasteiger partial charge >= 0.3 is 6.03 Å². The van der Waals surface area contributed by atoms with E-state index in [-0.39, 0.29) is 6.03 Å². The van der Waals surface area contributed by atoms with E-state index in [0.29, 0.717) is 12.2 Å². The van der Waals surface area contributed by atoms with E-state index in [1.807, 2.05) is 26.0 Å². The fraction of sp³-hybridized carbons (Fsp3) is 0.308. The molecule has 2 N–H and O–H groups in total. The van der Waals surface area contributed by atoms with Crippen LogP contribution in [0.25, 0.3) is 5.69 Å². The minimum Gasteiger partial charge on any atom is -0.338 e. The zero-order valence-corrected chi connectivity index (χ0v) is 11.1. The summed E-state index contributed by atoms with van der Waals surface area (Å²) in [5.74, 6) is 0. The van der Waals surface area contributed by atoms with Crippen LogP contribution in [-0.4, -0.2) is 27.3 Å². The van der Waals surface area contributed by atoms with Gasteiger partial charge in [-0.05, 0) is 25.5 Å². The smallest absolute Gasteiger partial charge is 0.319 e. The molecule has 19 heavy (non-hydrogen) atoms. The van der Waals surface area contributed by atoms with Crippen molar-refractivity contribution in [3.05, 3.63) is 36.4 Å². The molecular weight excluding hydrogens is 242 g/mol. The molecule has 0 atom stereocenters. The number of nitrogens with one attached hydrogen (secondary N) is 2. The highest BCUT2D eigenvalue weighted by atomic mass is 16.2. The van der Waals surface area contributed by atoms with Crippen LogP contribution in [0.3, 0.4) is 0 Å². The van der Waals surface area contributed by atoms with Crippen LogP contribution in [0.4, 0.5) is 10.5 Å². The van der Waals surface area contributed by atoms with E-state index in [9.17, 15) is 4.79 Å². The Balaban J connectivity index is 2.11. The molecule has 2 rings (SSSR count). The maximum atomic E-state index is 11.6. The minimum atomic E-state index is -0.212. The Hall–Kier alpha value is -2.37. The number of pyridine rings is 1. The van der Waals surface area contributed by atoms with Crippen molar-refractivity contribution in [1.29, 1.82) is 0 Å². The Morgan fingerprint density at radius 1 is 1.47 bits per heavy atom. The predicted molar refractivity (Wildman–Crippen MR) is 73.4 cm³/mol. The van der Waals surface area contributed by atoms with Gasteiger partial charge in [-0.1, -0.05) is 6.92 Å². The van der Waals surface area contributed by atoms with Crippen molar-refractivity contribution in [2.75, 3.05) is 11.9 Å². The molecule has 0 fully saturated rings. The zero-order chi connectivity index (χ0) is 13.7. The van der Waals surface area contributed by atoms with Gasteiger partial charge in [0, 0.05) is 12.7 Å². The van der Waals surface area contributed by atoms with Crippen LogP contribution in [-0.2, 0) is 0 Å². The number of hydrogen-bond donors (Lipinski definition) is 2. The lowest BCUT2D eigenvalue weighted by Crippen LogP contribution is -2.29. The number of urea groups is 1. The van der Waals surface area contributed by atoms with Crippen LogP contribution in [0.2, 0.25) is 0 Å². The Kier molecular flexibility index (Phi) is 4.12. The summed E-state index contributed by atoms with van der Waals surface area (Å²) in [7, 11) is 0. The predicted octanol–water partition coefficient (Wildman–Crippen LogP) is 2.11. The van der Waals surface area contributed by atoms with Gasteiger partial charge in [0.05, 0.1) is 29.5 Å². The largest absolute Gasteiger partial charge is 0.338 e. The van der Waals surface area contributed by atoms with Crippen molar-refractivity contribution in [2.24, 2.45) is 0 Å². The van der Waals surface area contributed by atoms with Gasteiger partial charge < -0.3 is 10.6 Å². The molecule has 0 spiro atoms. The molecular formula is C13H17N5O. The number of amides is 2. The SMILES string of the molecule is CCCNC(=O)Nc1cn(-c2cccnc2)nc1C. The van der Waals surface area contributed by atoms with Crippen LogP contribution in [0.1, 0.15) is 19.0 Å². The van der Waals surface area contributed by atoms with Gasteiger partial charge in [-0.3, -0.25) is 4.98 Å². The summed E-state index contributed by atoms with van der Waals surface area (Å²) in [5, 5.41) is 9.89. The van der Waals surface area contributed by atoms with E-state index >= 15 is 0 Å². The monoisotopic (exact) mass is 259 g/mol. The molecule has 0 aliphatic rings. The van der Waals surface area contributed by atoms with E-state index in [4.69, 9.17) is 0 Å². The second-order valence-electron chi connectivity index (χ2n) is 4.16. The molecule has 2 amide bonds. The number of anilines is 1. The third kappa shape index (κ3) is 3.31. The van der Waals surface area contributed by atoms with Crippen LogP contribution in [0, 0.1) is 6.92 Å². The average molecular weight is 259 g/mol. The first-order valence-corrected chi connectivity index (χ1v) is 6.22. The lowest BCUT2D eigenvalue weighted by atomic mass is 10.4. The molecule has 100 valence electrons. The molecule has 2 heterocycles. The van der Waals surface area contributed by atoms with Crippen LogP contribution in [0.5, 0.6) is 0 Å². The molecule has 0 unspecified atom stereocenters. The fourth-order valence-electron chi connectivity index (χ4n) is 1.61. The van der Waals surface area contributed by atoms with Crippen molar-refractivity contribution in [3.8, 4) is 5.69 Å². The summed E-state index contributed by atoms with van der Waals surface area (Å²) < 4.78 is 1.69. The first-order chi connectivity index (χ1) is 9.20. The molecule has 2 aromatic rings. The van der Waals surface area contributed by atoms with E-state index < -0.39 is 0 Å². The molecule has 6 heteroatoms. The highest BCUT2D eigenvalue weighted by molar-refractivity contribution is 5.89. The maximum Gasteiger partial charge on any atom is 0.319 e. The summed E-state index contributed by atoms with van der Waals surface area (Å²) in [5.41, 5.74) is 2.31. The molecule has 2 aromatic heterocycles. The number of hydrogen-bond acceptors (Lipinski definition) is 3. The third-order valence-corrected chi connectivity index (χ3v) is 2.59. The summed E-state index contributed by atoms with van der Waals surface area (Å²) in [6.07, 6.45) is 6.10. The van der Waals surface area contributed by atoms with Crippen LogP contribution >= 0.6 is 0 Å². The Labute approximate surface area is 111 Å². The lowest BCUT2D eigenvalue weighted by molar-refractivity contribution is 0.252. The van der Waals surface area contributed by atoms with E-state index in [1.54, 1.807) is 23.3 Å². The number of aromatic nitrogens is 3. The maximum absolute atomic E-state index is 11.6. The van der Waals surface area contributed by atoms with Crippen molar-refractivity contribution in [3.63, 3.8) is 0 Å². The van der Waals surface area contributed by atoms with Gasteiger partial charge in [-0.15, -0.1) is 0 Å². The van der Waals surface area contributed by atoms with Crippen molar-refractivity contribution in [1.82, 2.24) is 20.1 Å². The van der Waals surface area contributed by atoms with Crippen molar-refractivity contribution < 1.29 is 4.79 Å². The second kappa shape index (κ2) is 5.99. The molecule has 0 aromatic carbocycles. The van der Waals surface area contributed by atoms with E-state index in [1.165, 1.54) is 0 Å². The zero-order valence-electron chi connectivity index (χ0n) is 11.1. The van der Waals surface area contributed by atoms with E-state index in [2.05, 4.69) is 20.7 Å². The van der Waals surface area contributed by atoms with Gasteiger partial charge in [0.25, 0.3) is 0 Å². The lowest BCUT2D eigenvalue weighted by Gasteiger charge is -2.04. The summed E-state index contributed by atoms with van der Waals surface area (Å²) in [6.45, 7) is 4.51. The van der Waals surface area contributed by atoms with Gasteiger partial charge in [-0.25, -0.2) is 9.48 Å². The average Bonchev–Trinajstić information content (AvgIpc) is 2.79. The third-order valence-electron chi connectivity index (χ3n) is 2.59. The first kappa shape index (κ1) is 13.1. The molecule has 6 nitrogen and oxygen atoms in total. The number of carbonyl (C=O) groups is 1. The number of nitrogens with zero attached hydrogens (tertiary/aromatic N) is 3. The van der Waals surface area contributed by atoms with Crippen molar-refractivity contribution in [2.45, 2.75) is 20.3 Å². The highest BCUT2D eigenvalue weighted by Crippen LogP contribution is 2.15. The van der Waals surface area contributed by atoms with Crippen LogP contribution < -0.4 is 10.6 Å². The van der Waals surface area contributed by atoms with Gasteiger partial charge in [0.15, 0.2) is 0 Å². The Morgan fingerprint density at radius 2 is 2.32 bits per heavy atom. The molecule has 0 bridgehead atoms. The topological polar surface area (TPSA) is 71.8 Å². The number of aryl methyl sites for hydroxylation is 1. The standard InChI is InChI=1S/C13H17N5O/c1-3-6-15-13(19)16-12-9-18(17-10(12)2)11-5-4-7-14-8-11/h4-5,7-9H,3,6H2,1-2H3,(H2,15,16,19).